The fraction of sp³-hybridized carbons (Fsp3) is 0.273. The van der Waals surface area contributed by atoms with E-state index in [2.05, 4.69) is 44.5 Å². The quantitative estimate of drug-likeness (QED) is 0.677. The van der Waals surface area contributed by atoms with Gasteiger partial charge in [0.15, 0.2) is 5.69 Å². The third kappa shape index (κ3) is 4.90. The van der Waals surface area contributed by atoms with Gasteiger partial charge in [0.05, 0.1) is 0 Å². The Kier molecular flexibility index (Phi) is 6.14. The van der Waals surface area contributed by atoms with Gasteiger partial charge in [-0.15, -0.1) is 0 Å². The van der Waals surface area contributed by atoms with E-state index in [0.717, 1.165) is 26.1 Å². The maximum atomic E-state index is 12.7. The summed E-state index contributed by atoms with van der Waals surface area (Å²) in [5, 5.41) is 2.55. The Morgan fingerprint density at radius 1 is 1.00 bits per heavy atom. The van der Waals surface area contributed by atoms with Crippen LogP contribution in [0.1, 0.15) is 26.4 Å². The Balaban J connectivity index is 1.27. The second-order valence-electron chi connectivity index (χ2n) is 7.10. The van der Waals surface area contributed by atoms with Crippen LogP contribution in [0.2, 0.25) is 0 Å². The highest BCUT2D eigenvalue weighted by molar-refractivity contribution is 6.03. The Morgan fingerprint density at radius 3 is 2.47 bits per heavy atom. The molecule has 3 heterocycles. The number of piperazine rings is 1. The predicted molar refractivity (Wildman–Crippen MR) is 111 cm³/mol. The van der Waals surface area contributed by atoms with Crippen molar-refractivity contribution >= 4 is 17.8 Å². The zero-order chi connectivity index (χ0) is 20.8. The molecule has 0 atom stereocenters. The number of hydrogen-bond acceptors (Lipinski definition) is 6. The van der Waals surface area contributed by atoms with Crippen LogP contribution in [0.15, 0.2) is 65.5 Å². The highest BCUT2D eigenvalue weighted by Crippen LogP contribution is 2.13. The second kappa shape index (κ2) is 9.32. The van der Waals surface area contributed by atoms with Gasteiger partial charge in [-0.2, -0.15) is 4.98 Å². The van der Waals surface area contributed by atoms with Gasteiger partial charge in [0.25, 0.3) is 11.8 Å². The number of hydrogen-bond donors (Lipinski definition) is 1. The minimum absolute atomic E-state index is 0.00154. The lowest BCUT2D eigenvalue weighted by Gasteiger charge is -2.34. The third-order valence-corrected chi connectivity index (χ3v) is 5.11. The molecular formula is C22H23N5O3. The zero-order valence-corrected chi connectivity index (χ0v) is 16.5. The molecule has 0 saturated carbocycles. The van der Waals surface area contributed by atoms with Gasteiger partial charge in [0.2, 0.25) is 0 Å². The van der Waals surface area contributed by atoms with Crippen molar-refractivity contribution in [3.8, 4) is 0 Å². The molecule has 1 aliphatic rings. The molecule has 1 aliphatic heterocycles. The SMILES string of the molecule is O=C(Nc1nc(C(=O)N2CCN(CCc3ccccc3)CC2)co1)c1ccncc1. The number of nitrogens with one attached hydrogen (secondary N) is 1. The Labute approximate surface area is 174 Å². The fourth-order valence-electron chi connectivity index (χ4n) is 3.37. The van der Waals surface area contributed by atoms with E-state index in [1.165, 1.54) is 24.2 Å². The van der Waals surface area contributed by atoms with Crippen LogP contribution in [0.4, 0.5) is 6.01 Å². The second-order valence-corrected chi connectivity index (χ2v) is 7.10. The number of carbonyl (C=O) groups is 2. The summed E-state index contributed by atoms with van der Waals surface area (Å²) < 4.78 is 5.26. The van der Waals surface area contributed by atoms with E-state index in [0.29, 0.717) is 18.7 Å². The summed E-state index contributed by atoms with van der Waals surface area (Å²) >= 11 is 0. The Hall–Kier alpha value is -3.52. The number of nitrogens with zero attached hydrogens (tertiary/aromatic N) is 4. The molecule has 1 fully saturated rings. The topological polar surface area (TPSA) is 91.6 Å². The largest absolute Gasteiger partial charge is 0.431 e. The van der Waals surface area contributed by atoms with Crippen molar-refractivity contribution in [1.29, 1.82) is 0 Å². The Morgan fingerprint density at radius 2 is 1.73 bits per heavy atom. The number of benzene rings is 1. The minimum atomic E-state index is -0.370. The summed E-state index contributed by atoms with van der Waals surface area (Å²) in [4.78, 5) is 37.0. The number of carbonyl (C=O) groups excluding carboxylic acids is 2. The highest BCUT2D eigenvalue weighted by Gasteiger charge is 2.24. The van der Waals surface area contributed by atoms with Crippen LogP contribution in [0, 0.1) is 0 Å². The van der Waals surface area contributed by atoms with Gasteiger partial charge in [0, 0.05) is 50.7 Å². The summed E-state index contributed by atoms with van der Waals surface area (Å²) in [6, 6.07) is 13.6. The zero-order valence-electron chi connectivity index (χ0n) is 16.5. The van der Waals surface area contributed by atoms with Crippen LogP contribution < -0.4 is 5.32 Å². The molecule has 30 heavy (non-hydrogen) atoms. The summed E-state index contributed by atoms with van der Waals surface area (Å²) in [6.45, 7) is 3.89. The average molecular weight is 405 g/mol. The van der Waals surface area contributed by atoms with Crippen molar-refractivity contribution in [3.05, 3.63) is 77.9 Å². The lowest BCUT2D eigenvalue weighted by atomic mass is 10.1. The molecule has 0 spiro atoms. The smallest absolute Gasteiger partial charge is 0.302 e. The average Bonchev–Trinajstić information content (AvgIpc) is 3.27. The highest BCUT2D eigenvalue weighted by atomic mass is 16.4. The maximum absolute atomic E-state index is 12.7. The molecule has 0 bridgehead atoms. The molecule has 8 heteroatoms. The van der Waals surface area contributed by atoms with E-state index in [9.17, 15) is 9.59 Å². The van der Waals surface area contributed by atoms with E-state index < -0.39 is 0 Å². The third-order valence-electron chi connectivity index (χ3n) is 5.11. The molecule has 1 saturated heterocycles. The van der Waals surface area contributed by atoms with Gasteiger partial charge >= 0.3 is 6.01 Å². The number of aromatic nitrogens is 2. The lowest BCUT2D eigenvalue weighted by molar-refractivity contribution is 0.0632. The molecule has 0 aliphatic carbocycles. The number of pyridine rings is 1. The van der Waals surface area contributed by atoms with Crippen LogP contribution in [-0.4, -0.2) is 64.3 Å². The number of anilines is 1. The van der Waals surface area contributed by atoms with E-state index in [1.54, 1.807) is 17.0 Å². The molecule has 0 unspecified atom stereocenters. The monoisotopic (exact) mass is 405 g/mol. The van der Waals surface area contributed by atoms with Crippen LogP contribution in [0.5, 0.6) is 0 Å². The first kappa shape index (κ1) is 19.8. The molecule has 2 aromatic heterocycles. The first-order chi connectivity index (χ1) is 14.7. The molecule has 4 rings (SSSR count). The van der Waals surface area contributed by atoms with Gasteiger partial charge in [-0.1, -0.05) is 30.3 Å². The van der Waals surface area contributed by atoms with Crippen molar-refractivity contribution in [3.63, 3.8) is 0 Å². The van der Waals surface area contributed by atoms with Crippen molar-refractivity contribution in [2.24, 2.45) is 0 Å². The first-order valence-corrected chi connectivity index (χ1v) is 9.91. The number of rotatable bonds is 6. The Bertz CT molecular complexity index is 982. The van der Waals surface area contributed by atoms with E-state index >= 15 is 0 Å². The van der Waals surface area contributed by atoms with Gasteiger partial charge in [-0.25, -0.2) is 0 Å². The van der Waals surface area contributed by atoms with Crippen molar-refractivity contribution in [1.82, 2.24) is 19.8 Å². The van der Waals surface area contributed by atoms with E-state index in [-0.39, 0.29) is 23.5 Å². The number of oxazole rings is 1. The maximum Gasteiger partial charge on any atom is 0.302 e. The summed E-state index contributed by atoms with van der Waals surface area (Å²) in [5.41, 5.74) is 1.94. The van der Waals surface area contributed by atoms with Gasteiger partial charge in [0.1, 0.15) is 6.26 Å². The van der Waals surface area contributed by atoms with E-state index in [4.69, 9.17) is 4.42 Å². The lowest BCUT2D eigenvalue weighted by Crippen LogP contribution is -2.49. The van der Waals surface area contributed by atoms with Crippen LogP contribution in [-0.2, 0) is 6.42 Å². The van der Waals surface area contributed by atoms with Crippen LogP contribution >= 0.6 is 0 Å². The van der Waals surface area contributed by atoms with Gasteiger partial charge < -0.3 is 9.32 Å². The molecule has 8 nitrogen and oxygen atoms in total. The van der Waals surface area contributed by atoms with Crippen molar-refractivity contribution in [2.75, 3.05) is 38.0 Å². The molecular weight excluding hydrogens is 382 g/mol. The molecule has 2 amide bonds. The van der Waals surface area contributed by atoms with E-state index in [1.807, 2.05) is 6.07 Å². The summed E-state index contributed by atoms with van der Waals surface area (Å²) in [6.07, 6.45) is 5.34. The van der Waals surface area contributed by atoms with Crippen LogP contribution in [0.25, 0.3) is 0 Å². The molecule has 0 radical (unpaired) electrons. The summed E-state index contributed by atoms with van der Waals surface area (Å²) in [7, 11) is 0. The first-order valence-electron chi connectivity index (χ1n) is 9.91. The van der Waals surface area contributed by atoms with Gasteiger partial charge in [-0.05, 0) is 24.1 Å². The predicted octanol–water partition coefficient (Wildman–Crippen LogP) is 2.32. The van der Waals surface area contributed by atoms with Crippen LogP contribution in [0.3, 0.4) is 0 Å². The molecule has 1 N–H and O–H groups in total. The standard InChI is InChI=1S/C22H23N5O3/c28-20(18-6-9-23-10-7-18)25-22-24-19(16-30-22)21(29)27-14-12-26(13-15-27)11-8-17-4-2-1-3-5-17/h1-7,9-10,16H,8,11-15H2,(H,24,25,28). The van der Waals surface area contributed by atoms with Crippen molar-refractivity contribution in [2.45, 2.75) is 6.42 Å². The fourth-order valence-corrected chi connectivity index (χ4v) is 3.37. The minimum Gasteiger partial charge on any atom is -0.431 e. The summed E-state index contributed by atoms with van der Waals surface area (Å²) in [5.74, 6) is -0.559. The normalized spacial score (nSPS) is 14.5. The molecule has 3 aromatic rings. The molecule has 154 valence electrons. The number of amides is 2. The van der Waals surface area contributed by atoms with Gasteiger partial charge in [-0.3, -0.25) is 24.8 Å². The van der Waals surface area contributed by atoms with Crippen molar-refractivity contribution < 1.29 is 14.0 Å². The molecule has 1 aromatic carbocycles.